The molecular formula is C16H10FN3. The van der Waals surface area contributed by atoms with Gasteiger partial charge in [-0.25, -0.2) is 4.39 Å². The van der Waals surface area contributed by atoms with Crippen LogP contribution in [0.5, 0.6) is 0 Å². The molecule has 0 saturated heterocycles. The molecule has 1 aromatic heterocycles. The second-order valence-corrected chi connectivity index (χ2v) is 4.43. The Labute approximate surface area is 115 Å². The zero-order valence-corrected chi connectivity index (χ0v) is 10.5. The Hall–Kier alpha value is -2.80. The van der Waals surface area contributed by atoms with E-state index in [1.54, 1.807) is 18.3 Å². The highest BCUT2D eigenvalue weighted by Crippen LogP contribution is 2.28. The van der Waals surface area contributed by atoms with Crippen molar-refractivity contribution in [2.24, 2.45) is 0 Å². The third kappa shape index (κ3) is 2.10. The summed E-state index contributed by atoms with van der Waals surface area (Å²) in [7, 11) is 0. The van der Waals surface area contributed by atoms with Crippen LogP contribution >= 0.6 is 0 Å². The maximum Gasteiger partial charge on any atom is 0.123 e. The topological polar surface area (TPSA) is 49.6 Å². The standard InChI is InChI=1S/C16H10FN3/c17-12-7-5-11(6-8-12)14(9-18)15-10-19-20-16-4-2-1-3-13(15)16/h1-8,10,14H. The first-order valence-corrected chi connectivity index (χ1v) is 6.15. The lowest BCUT2D eigenvalue weighted by Crippen LogP contribution is -2.01. The summed E-state index contributed by atoms with van der Waals surface area (Å²) in [5, 5.41) is 18.4. The summed E-state index contributed by atoms with van der Waals surface area (Å²) in [4.78, 5) is 0. The van der Waals surface area contributed by atoms with Crippen LogP contribution in [0, 0.1) is 17.1 Å². The van der Waals surface area contributed by atoms with Crippen LogP contribution in [0.15, 0.2) is 54.7 Å². The van der Waals surface area contributed by atoms with Crippen molar-refractivity contribution in [2.75, 3.05) is 0 Å². The molecule has 0 spiro atoms. The second-order valence-electron chi connectivity index (χ2n) is 4.43. The monoisotopic (exact) mass is 263 g/mol. The molecule has 1 heterocycles. The number of nitriles is 1. The van der Waals surface area contributed by atoms with E-state index in [1.165, 1.54) is 12.1 Å². The first kappa shape index (κ1) is 12.2. The van der Waals surface area contributed by atoms with E-state index in [4.69, 9.17) is 0 Å². The minimum atomic E-state index is -0.490. The quantitative estimate of drug-likeness (QED) is 0.711. The van der Waals surface area contributed by atoms with E-state index in [2.05, 4.69) is 16.3 Å². The first-order valence-electron chi connectivity index (χ1n) is 6.15. The molecule has 0 aliphatic heterocycles. The van der Waals surface area contributed by atoms with Gasteiger partial charge in [0.1, 0.15) is 5.82 Å². The highest BCUT2D eigenvalue weighted by Gasteiger charge is 2.17. The van der Waals surface area contributed by atoms with Crippen LogP contribution in [0.4, 0.5) is 4.39 Å². The van der Waals surface area contributed by atoms with Gasteiger partial charge in [0.05, 0.1) is 23.7 Å². The van der Waals surface area contributed by atoms with Crippen LogP contribution in [-0.4, -0.2) is 10.2 Å². The maximum atomic E-state index is 13.0. The van der Waals surface area contributed by atoms with Crippen LogP contribution in [0.25, 0.3) is 10.9 Å². The molecular weight excluding hydrogens is 253 g/mol. The molecule has 3 nitrogen and oxygen atoms in total. The Morgan fingerprint density at radius 2 is 1.80 bits per heavy atom. The van der Waals surface area contributed by atoms with E-state index in [9.17, 15) is 9.65 Å². The molecule has 0 aliphatic rings. The van der Waals surface area contributed by atoms with Gasteiger partial charge in [-0.1, -0.05) is 30.3 Å². The second kappa shape index (κ2) is 5.06. The van der Waals surface area contributed by atoms with Gasteiger partial charge in [0, 0.05) is 10.9 Å². The average molecular weight is 263 g/mol. The van der Waals surface area contributed by atoms with E-state index in [0.29, 0.717) is 0 Å². The van der Waals surface area contributed by atoms with Crippen molar-refractivity contribution in [3.8, 4) is 6.07 Å². The Morgan fingerprint density at radius 3 is 2.55 bits per heavy atom. The number of rotatable bonds is 2. The Balaban J connectivity index is 2.17. The highest BCUT2D eigenvalue weighted by atomic mass is 19.1. The fourth-order valence-electron chi connectivity index (χ4n) is 2.24. The summed E-state index contributed by atoms with van der Waals surface area (Å²) in [5.74, 6) is -0.806. The van der Waals surface area contributed by atoms with Gasteiger partial charge in [0.2, 0.25) is 0 Å². The molecule has 1 unspecified atom stereocenters. The predicted octanol–water partition coefficient (Wildman–Crippen LogP) is 3.42. The number of hydrogen-bond acceptors (Lipinski definition) is 3. The molecule has 0 bridgehead atoms. The van der Waals surface area contributed by atoms with E-state index in [-0.39, 0.29) is 5.82 Å². The van der Waals surface area contributed by atoms with Gasteiger partial charge < -0.3 is 0 Å². The molecule has 2 aromatic carbocycles. The molecule has 3 rings (SSSR count). The fraction of sp³-hybridized carbons (Fsp3) is 0.0625. The summed E-state index contributed by atoms with van der Waals surface area (Å²) in [6.07, 6.45) is 1.60. The van der Waals surface area contributed by atoms with Gasteiger partial charge >= 0.3 is 0 Å². The molecule has 0 N–H and O–H groups in total. The minimum Gasteiger partial charge on any atom is -0.207 e. The maximum absolute atomic E-state index is 13.0. The van der Waals surface area contributed by atoms with Gasteiger partial charge in [0.25, 0.3) is 0 Å². The van der Waals surface area contributed by atoms with Gasteiger partial charge in [-0.2, -0.15) is 15.5 Å². The molecule has 0 radical (unpaired) electrons. The van der Waals surface area contributed by atoms with Gasteiger partial charge in [-0.3, -0.25) is 0 Å². The summed E-state index contributed by atoms with van der Waals surface area (Å²) in [6, 6.07) is 15.8. The zero-order chi connectivity index (χ0) is 13.9. The predicted molar refractivity (Wildman–Crippen MR) is 73.4 cm³/mol. The Bertz CT molecular complexity index is 785. The molecule has 0 fully saturated rings. The lowest BCUT2D eigenvalue weighted by molar-refractivity contribution is 0.627. The van der Waals surface area contributed by atoms with Crippen molar-refractivity contribution in [1.82, 2.24) is 10.2 Å². The van der Waals surface area contributed by atoms with Crippen molar-refractivity contribution in [3.05, 3.63) is 71.7 Å². The van der Waals surface area contributed by atoms with Gasteiger partial charge in [-0.15, -0.1) is 0 Å². The zero-order valence-electron chi connectivity index (χ0n) is 10.5. The van der Waals surface area contributed by atoms with E-state index >= 15 is 0 Å². The van der Waals surface area contributed by atoms with Crippen molar-refractivity contribution in [2.45, 2.75) is 5.92 Å². The van der Waals surface area contributed by atoms with E-state index < -0.39 is 5.92 Å². The molecule has 0 amide bonds. The van der Waals surface area contributed by atoms with E-state index in [0.717, 1.165) is 22.0 Å². The molecule has 20 heavy (non-hydrogen) atoms. The minimum absolute atomic E-state index is 0.317. The number of hydrogen-bond donors (Lipinski definition) is 0. The van der Waals surface area contributed by atoms with Crippen molar-refractivity contribution >= 4 is 10.9 Å². The largest absolute Gasteiger partial charge is 0.207 e. The molecule has 1 atom stereocenters. The Kier molecular flexibility index (Phi) is 3.10. The molecule has 3 aromatic rings. The van der Waals surface area contributed by atoms with Crippen molar-refractivity contribution in [3.63, 3.8) is 0 Å². The average Bonchev–Trinajstić information content (AvgIpc) is 2.50. The number of halogens is 1. The van der Waals surface area contributed by atoms with Crippen LogP contribution in [-0.2, 0) is 0 Å². The molecule has 96 valence electrons. The Morgan fingerprint density at radius 1 is 1.05 bits per heavy atom. The summed E-state index contributed by atoms with van der Waals surface area (Å²) >= 11 is 0. The SMILES string of the molecule is N#CC(c1ccc(F)cc1)c1cnnc2ccccc12. The number of benzene rings is 2. The highest BCUT2D eigenvalue weighted by molar-refractivity contribution is 5.82. The lowest BCUT2D eigenvalue weighted by atomic mass is 9.91. The van der Waals surface area contributed by atoms with Crippen molar-refractivity contribution in [1.29, 1.82) is 5.26 Å². The summed E-state index contributed by atoms with van der Waals surface area (Å²) in [6.45, 7) is 0. The third-order valence-electron chi connectivity index (χ3n) is 3.22. The number of aromatic nitrogens is 2. The van der Waals surface area contributed by atoms with Gasteiger partial charge in [-0.05, 0) is 23.8 Å². The normalized spacial score (nSPS) is 12.0. The van der Waals surface area contributed by atoms with E-state index in [1.807, 2.05) is 24.3 Å². The number of fused-ring (bicyclic) bond motifs is 1. The first-order chi connectivity index (χ1) is 9.79. The molecule has 0 aliphatic carbocycles. The lowest BCUT2D eigenvalue weighted by Gasteiger charge is -2.11. The van der Waals surface area contributed by atoms with Crippen LogP contribution in [0.3, 0.4) is 0 Å². The van der Waals surface area contributed by atoms with Crippen LogP contribution in [0.1, 0.15) is 17.0 Å². The fourth-order valence-corrected chi connectivity index (χ4v) is 2.24. The van der Waals surface area contributed by atoms with Gasteiger partial charge in [0.15, 0.2) is 0 Å². The third-order valence-corrected chi connectivity index (χ3v) is 3.22. The summed E-state index contributed by atoms with van der Waals surface area (Å²) < 4.78 is 13.0. The smallest absolute Gasteiger partial charge is 0.123 e. The van der Waals surface area contributed by atoms with Crippen molar-refractivity contribution < 1.29 is 4.39 Å². The van der Waals surface area contributed by atoms with Crippen LogP contribution < -0.4 is 0 Å². The summed E-state index contributed by atoms with van der Waals surface area (Å²) in [5.41, 5.74) is 2.27. The molecule has 0 saturated carbocycles. The number of nitrogens with zero attached hydrogens (tertiary/aromatic N) is 3. The molecule has 4 heteroatoms. The van der Waals surface area contributed by atoms with Crippen LogP contribution in [0.2, 0.25) is 0 Å².